The predicted molar refractivity (Wildman–Crippen MR) is 185 cm³/mol. The zero-order chi connectivity index (χ0) is 29.8. The maximum absolute atomic E-state index is 2.51. The van der Waals surface area contributed by atoms with Crippen LogP contribution < -0.4 is 4.90 Å². The Morgan fingerprint density at radius 3 is 1.84 bits per heavy atom. The second-order valence-corrected chi connectivity index (χ2v) is 12.6. The molecule has 0 spiro atoms. The molecule has 0 aliphatic heterocycles. The molecule has 0 radical (unpaired) electrons. The molecule has 4 aromatic rings. The molecule has 6 rings (SSSR count). The molecule has 0 saturated carbocycles. The predicted octanol–water partition coefficient (Wildman–Crippen LogP) is 11.6. The van der Waals surface area contributed by atoms with E-state index in [2.05, 4.69) is 166 Å². The average Bonchev–Trinajstić information content (AvgIpc) is 3.01. The molecule has 1 nitrogen and oxygen atoms in total. The van der Waals surface area contributed by atoms with Gasteiger partial charge in [0.1, 0.15) is 0 Å². The van der Waals surface area contributed by atoms with E-state index >= 15 is 0 Å². The Hall–Kier alpha value is -4.36. The number of nitrogens with zero attached hydrogens (tertiary/aromatic N) is 1. The first-order valence-electron chi connectivity index (χ1n) is 15.8. The van der Waals surface area contributed by atoms with Gasteiger partial charge in [-0.3, -0.25) is 0 Å². The van der Waals surface area contributed by atoms with E-state index in [1.807, 2.05) is 0 Å². The van der Waals surface area contributed by atoms with Crippen LogP contribution in [0.5, 0.6) is 0 Å². The number of allylic oxidation sites excluding steroid dienone is 8. The van der Waals surface area contributed by atoms with Gasteiger partial charge in [-0.1, -0.05) is 110 Å². The van der Waals surface area contributed by atoms with Crippen molar-refractivity contribution >= 4 is 17.1 Å². The monoisotopic (exact) mass is 561 g/mol. The third-order valence-corrected chi connectivity index (χ3v) is 8.89. The Labute approximate surface area is 258 Å². The average molecular weight is 562 g/mol. The van der Waals surface area contributed by atoms with Crippen molar-refractivity contribution in [3.8, 4) is 11.1 Å². The van der Waals surface area contributed by atoms with E-state index in [1.165, 1.54) is 50.3 Å². The number of aryl methyl sites for hydroxylation is 2. The van der Waals surface area contributed by atoms with Gasteiger partial charge in [0.2, 0.25) is 0 Å². The van der Waals surface area contributed by atoms with E-state index in [9.17, 15) is 0 Å². The normalized spacial score (nSPS) is 18.6. The van der Waals surface area contributed by atoms with Crippen LogP contribution in [0.1, 0.15) is 43.4 Å². The fourth-order valence-corrected chi connectivity index (χ4v) is 6.66. The standard InChI is InChI=1S/C42H43N/c1-30-9-5-13-37(25-30)42(38-14-6-10-31(2)26-38)29-34-17-19-35(20-18-34)36-21-23-39(24-22-36)43(40-15-7-11-32(3)27-40)41-16-8-12-33(4)28-41/h5-9,11-12,14-28,31,37,42H,10,13,29H2,1-4H3. The summed E-state index contributed by atoms with van der Waals surface area (Å²) in [5.74, 6) is 1.66. The van der Waals surface area contributed by atoms with Crippen LogP contribution in [0.25, 0.3) is 11.1 Å². The highest BCUT2D eigenvalue weighted by molar-refractivity contribution is 5.78. The number of benzene rings is 4. The zero-order valence-corrected chi connectivity index (χ0v) is 26.0. The second-order valence-electron chi connectivity index (χ2n) is 12.6. The van der Waals surface area contributed by atoms with Crippen molar-refractivity contribution in [3.63, 3.8) is 0 Å². The minimum absolute atomic E-state index is 0.498. The molecular weight excluding hydrogens is 518 g/mol. The summed E-state index contributed by atoms with van der Waals surface area (Å²) in [5.41, 5.74) is 12.8. The smallest absolute Gasteiger partial charge is 0.0464 e. The number of rotatable bonds is 8. The summed E-state index contributed by atoms with van der Waals surface area (Å²) < 4.78 is 0. The lowest BCUT2D eigenvalue weighted by atomic mass is 9.75. The van der Waals surface area contributed by atoms with Gasteiger partial charge in [-0.25, -0.2) is 0 Å². The highest BCUT2D eigenvalue weighted by Crippen LogP contribution is 2.38. The van der Waals surface area contributed by atoms with Crippen molar-refractivity contribution in [2.75, 3.05) is 4.90 Å². The Morgan fingerprint density at radius 2 is 1.26 bits per heavy atom. The zero-order valence-electron chi connectivity index (χ0n) is 26.0. The summed E-state index contributed by atoms with van der Waals surface area (Å²) >= 11 is 0. The summed E-state index contributed by atoms with van der Waals surface area (Å²) in [7, 11) is 0. The molecule has 4 aromatic carbocycles. The first-order valence-corrected chi connectivity index (χ1v) is 15.8. The van der Waals surface area contributed by atoms with E-state index in [4.69, 9.17) is 0 Å². The van der Waals surface area contributed by atoms with Crippen LogP contribution in [-0.4, -0.2) is 0 Å². The molecule has 0 fully saturated rings. The molecule has 3 atom stereocenters. The first kappa shape index (κ1) is 28.7. The van der Waals surface area contributed by atoms with Gasteiger partial charge in [-0.05, 0) is 128 Å². The molecule has 2 aliphatic carbocycles. The van der Waals surface area contributed by atoms with E-state index in [-0.39, 0.29) is 0 Å². The van der Waals surface area contributed by atoms with E-state index in [1.54, 1.807) is 0 Å². The Balaban J connectivity index is 1.24. The lowest BCUT2D eigenvalue weighted by Crippen LogP contribution is -2.20. The third kappa shape index (κ3) is 6.83. The Kier molecular flexibility index (Phi) is 8.61. The van der Waals surface area contributed by atoms with Crippen molar-refractivity contribution in [1.82, 2.24) is 0 Å². The maximum Gasteiger partial charge on any atom is 0.0464 e. The molecular formula is C42H43N. The van der Waals surface area contributed by atoms with Crippen molar-refractivity contribution in [2.24, 2.45) is 17.8 Å². The molecule has 1 heteroatoms. The molecule has 3 unspecified atom stereocenters. The number of hydrogen-bond donors (Lipinski definition) is 0. The van der Waals surface area contributed by atoms with Gasteiger partial charge in [0.15, 0.2) is 0 Å². The highest BCUT2D eigenvalue weighted by atomic mass is 15.1. The summed E-state index contributed by atoms with van der Waals surface area (Å²) in [6.45, 7) is 8.87. The summed E-state index contributed by atoms with van der Waals surface area (Å²) in [4.78, 5) is 2.35. The molecule has 0 heterocycles. The van der Waals surface area contributed by atoms with Gasteiger partial charge >= 0.3 is 0 Å². The summed E-state index contributed by atoms with van der Waals surface area (Å²) in [6.07, 6.45) is 17.7. The lowest BCUT2D eigenvalue weighted by Gasteiger charge is -2.30. The topological polar surface area (TPSA) is 3.24 Å². The van der Waals surface area contributed by atoms with Crippen LogP contribution in [0, 0.1) is 31.6 Å². The fraction of sp³-hybridized carbons (Fsp3) is 0.238. The molecule has 216 valence electrons. The number of hydrogen-bond acceptors (Lipinski definition) is 1. The minimum Gasteiger partial charge on any atom is -0.310 e. The van der Waals surface area contributed by atoms with E-state index in [0.29, 0.717) is 17.8 Å². The maximum atomic E-state index is 2.51. The molecule has 0 saturated heterocycles. The summed E-state index contributed by atoms with van der Waals surface area (Å²) in [5, 5.41) is 0. The second kappa shape index (κ2) is 12.9. The highest BCUT2D eigenvalue weighted by Gasteiger charge is 2.25. The van der Waals surface area contributed by atoms with Crippen molar-refractivity contribution < 1.29 is 0 Å². The van der Waals surface area contributed by atoms with Gasteiger partial charge in [0.25, 0.3) is 0 Å². The van der Waals surface area contributed by atoms with Gasteiger partial charge in [0, 0.05) is 17.1 Å². The van der Waals surface area contributed by atoms with Gasteiger partial charge < -0.3 is 4.90 Å². The molecule has 0 N–H and O–H groups in total. The largest absolute Gasteiger partial charge is 0.310 e. The van der Waals surface area contributed by atoms with Crippen LogP contribution in [0.4, 0.5) is 17.1 Å². The first-order chi connectivity index (χ1) is 20.9. The molecule has 0 bridgehead atoms. The molecule has 2 aliphatic rings. The van der Waals surface area contributed by atoms with Gasteiger partial charge in [0.05, 0.1) is 0 Å². The quantitative estimate of drug-likeness (QED) is 0.207. The Bertz CT molecular complexity index is 1630. The number of anilines is 3. The molecule has 0 aromatic heterocycles. The fourth-order valence-electron chi connectivity index (χ4n) is 6.66. The van der Waals surface area contributed by atoms with Crippen molar-refractivity contribution in [3.05, 3.63) is 161 Å². The molecule has 43 heavy (non-hydrogen) atoms. The Morgan fingerprint density at radius 1 is 0.651 bits per heavy atom. The lowest BCUT2D eigenvalue weighted by molar-refractivity contribution is 0.450. The molecule has 0 amide bonds. The van der Waals surface area contributed by atoms with Crippen molar-refractivity contribution in [2.45, 2.75) is 47.0 Å². The minimum atomic E-state index is 0.498. The van der Waals surface area contributed by atoms with Crippen LogP contribution >= 0.6 is 0 Å². The van der Waals surface area contributed by atoms with E-state index < -0.39 is 0 Å². The SMILES string of the molecule is CC1=CC(C(Cc2ccc(-c3ccc(N(c4cccc(C)c4)c4cccc(C)c4)cc3)cc2)C2=CC(C)CC=C2)CC=C1. The van der Waals surface area contributed by atoms with Gasteiger partial charge in [-0.2, -0.15) is 0 Å². The third-order valence-electron chi connectivity index (χ3n) is 8.89. The van der Waals surface area contributed by atoms with Crippen molar-refractivity contribution in [1.29, 1.82) is 0 Å². The van der Waals surface area contributed by atoms with Crippen LogP contribution in [0.3, 0.4) is 0 Å². The summed E-state index contributed by atoms with van der Waals surface area (Å²) in [6, 6.07) is 35.8. The van der Waals surface area contributed by atoms with Crippen LogP contribution in [-0.2, 0) is 6.42 Å². The van der Waals surface area contributed by atoms with E-state index in [0.717, 1.165) is 24.9 Å². The van der Waals surface area contributed by atoms with Crippen LogP contribution in [0.2, 0.25) is 0 Å². The van der Waals surface area contributed by atoms with Gasteiger partial charge in [-0.15, -0.1) is 0 Å². The van der Waals surface area contributed by atoms with Crippen LogP contribution in [0.15, 0.2) is 145 Å².